The second-order valence-electron chi connectivity index (χ2n) is 4.00. The van der Waals surface area contributed by atoms with Crippen molar-refractivity contribution in [2.75, 3.05) is 39.3 Å². The van der Waals surface area contributed by atoms with Crippen LogP contribution in [0.5, 0.6) is 0 Å². The van der Waals surface area contributed by atoms with Crippen LogP contribution in [0.25, 0.3) is 0 Å². The molecule has 1 rings (SSSR count). The number of amides is 1. The number of ether oxygens (including phenoxy) is 1. The van der Waals surface area contributed by atoms with Crippen molar-refractivity contribution in [3.8, 4) is 0 Å². The maximum Gasteiger partial charge on any atom is 0.334 e. The van der Waals surface area contributed by atoms with Crippen molar-refractivity contribution in [3.63, 3.8) is 0 Å². The zero-order valence-corrected chi connectivity index (χ0v) is 10.4. The van der Waals surface area contributed by atoms with Crippen LogP contribution in [0.15, 0.2) is 0 Å². The lowest BCUT2D eigenvalue weighted by molar-refractivity contribution is -0.157. The Morgan fingerprint density at radius 2 is 2.06 bits per heavy atom. The Morgan fingerprint density at radius 1 is 1.41 bits per heavy atom. The highest BCUT2D eigenvalue weighted by Gasteiger charge is 2.27. The van der Waals surface area contributed by atoms with Crippen molar-refractivity contribution < 1.29 is 19.4 Å². The minimum atomic E-state index is -0.968. The summed E-state index contributed by atoms with van der Waals surface area (Å²) in [5.74, 6) is -0.925. The van der Waals surface area contributed by atoms with Gasteiger partial charge in [0.2, 0.25) is 5.91 Å². The Kier molecular flexibility index (Phi) is 5.37. The van der Waals surface area contributed by atoms with Gasteiger partial charge in [-0.15, -0.1) is 0 Å². The number of carbonyl (C=O) groups is 2. The molecule has 1 N–H and O–H groups in total. The van der Waals surface area contributed by atoms with E-state index in [1.165, 1.54) is 0 Å². The third kappa shape index (κ3) is 3.98. The van der Waals surface area contributed by atoms with Gasteiger partial charge in [0.15, 0.2) is 6.10 Å². The molecule has 0 radical (unpaired) electrons. The number of carboxylic acids is 1. The van der Waals surface area contributed by atoms with Gasteiger partial charge in [0.1, 0.15) is 0 Å². The first-order chi connectivity index (χ1) is 8.08. The predicted octanol–water partition coefficient (Wildman–Crippen LogP) is -0.360. The summed E-state index contributed by atoms with van der Waals surface area (Å²) in [4.78, 5) is 26.2. The number of hydrogen-bond donors (Lipinski definition) is 1. The number of aliphatic carboxylic acids is 1. The molecule has 0 spiro atoms. The molecular formula is C11H20N2O4. The van der Waals surface area contributed by atoms with Crippen LogP contribution in [0, 0.1) is 0 Å². The molecule has 6 heteroatoms. The van der Waals surface area contributed by atoms with Crippen LogP contribution in [0.4, 0.5) is 0 Å². The minimum Gasteiger partial charge on any atom is -0.479 e. The van der Waals surface area contributed by atoms with Crippen LogP contribution in [0.2, 0.25) is 0 Å². The number of rotatable bonds is 5. The highest BCUT2D eigenvalue weighted by molar-refractivity contribution is 5.78. The van der Waals surface area contributed by atoms with E-state index in [-0.39, 0.29) is 19.0 Å². The Bertz CT molecular complexity index is 279. The summed E-state index contributed by atoms with van der Waals surface area (Å²) >= 11 is 0. The van der Waals surface area contributed by atoms with Gasteiger partial charge >= 0.3 is 5.97 Å². The Balaban J connectivity index is 2.45. The van der Waals surface area contributed by atoms with Crippen LogP contribution in [0.3, 0.4) is 0 Å². The molecule has 0 aromatic heterocycles. The Morgan fingerprint density at radius 3 is 2.59 bits per heavy atom. The number of likely N-dealkylation sites (N-methyl/N-ethyl adjacent to an activating group) is 1. The number of hydrogen-bond acceptors (Lipinski definition) is 4. The van der Waals surface area contributed by atoms with E-state index in [1.54, 1.807) is 4.90 Å². The van der Waals surface area contributed by atoms with Gasteiger partial charge in [-0.25, -0.2) is 4.79 Å². The predicted molar refractivity (Wildman–Crippen MR) is 61.7 cm³/mol. The van der Waals surface area contributed by atoms with Crippen molar-refractivity contribution in [1.29, 1.82) is 0 Å². The van der Waals surface area contributed by atoms with Gasteiger partial charge in [0, 0.05) is 26.2 Å². The standard InChI is InChI=1S/C11H20N2O4/c1-3-13(4-2)10(14)8-12-5-6-17-9(7-12)11(15)16/h9H,3-8H2,1-2H3,(H,15,16). The number of carbonyl (C=O) groups excluding carboxylic acids is 1. The van der Waals surface area contributed by atoms with E-state index < -0.39 is 12.1 Å². The summed E-state index contributed by atoms with van der Waals surface area (Å²) in [7, 11) is 0. The molecule has 1 amide bonds. The molecule has 1 unspecified atom stereocenters. The fourth-order valence-electron chi connectivity index (χ4n) is 1.86. The van der Waals surface area contributed by atoms with Crippen LogP contribution >= 0.6 is 0 Å². The molecule has 1 fully saturated rings. The summed E-state index contributed by atoms with van der Waals surface area (Å²) in [6.07, 6.45) is -0.812. The lowest BCUT2D eigenvalue weighted by Gasteiger charge is -2.31. The molecule has 1 saturated heterocycles. The summed E-state index contributed by atoms with van der Waals surface area (Å²) in [6, 6.07) is 0. The molecule has 0 aromatic rings. The third-order valence-electron chi connectivity index (χ3n) is 2.90. The molecule has 6 nitrogen and oxygen atoms in total. The monoisotopic (exact) mass is 244 g/mol. The van der Waals surface area contributed by atoms with E-state index >= 15 is 0 Å². The SMILES string of the molecule is CCN(CC)C(=O)CN1CCOC(C(=O)O)C1. The molecule has 0 aromatic carbocycles. The molecule has 1 aliphatic heterocycles. The van der Waals surface area contributed by atoms with Crippen molar-refractivity contribution in [2.24, 2.45) is 0 Å². The first-order valence-electron chi connectivity index (χ1n) is 5.93. The number of carboxylic acid groups (broad SMARTS) is 1. The smallest absolute Gasteiger partial charge is 0.334 e. The molecule has 0 bridgehead atoms. The van der Waals surface area contributed by atoms with Crippen molar-refractivity contribution >= 4 is 11.9 Å². The molecule has 1 atom stereocenters. The molecule has 98 valence electrons. The molecular weight excluding hydrogens is 224 g/mol. The van der Waals surface area contributed by atoms with Gasteiger partial charge in [0.25, 0.3) is 0 Å². The van der Waals surface area contributed by atoms with Crippen molar-refractivity contribution in [2.45, 2.75) is 20.0 Å². The lowest BCUT2D eigenvalue weighted by atomic mass is 10.2. The minimum absolute atomic E-state index is 0.0426. The number of morpholine rings is 1. The van der Waals surface area contributed by atoms with Crippen LogP contribution in [-0.4, -0.2) is 72.2 Å². The quantitative estimate of drug-likeness (QED) is 0.715. The maximum absolute atomic E-state index is 11.8. The fourth-order valence-corrected chi connectivity index (χ4v) is 1.86. The van der Waals surface area contributed by atoms with E-state index in [2.05, 4.69) is 0 Å². The van der Waals surface area contributed by atoms with Gasteiger partial charge in [-0.1, -0.05) is 0 Å². The van der Waals surface area contributed by atoms with E-state index in [4.69, 9.17) is 9.84 Å². The summed E-state index contributed by atoms with van der Waals surface area (Å²) in [5.41, 5.74) is 0. The fraction of sp³-hybridized carbons (Fsp3) is 0.818. The zero-order valence-electron chi connectivity index (χ0n) is 10.4. The summed E-state index contributed by atoms with van der Waals surface area (Å²) in [6.45, 7) is 6.75. The Hall–Kier alpha value is -1.14. The highest BCUT2D eigenvalue weighted by Crippen LogP contribution is 2.06. The first kappa shape index (κ1) is 13.9. The molecule has 0 aliphatic carbocycles. The van der Waals surface area contributed by atoms with Gasteiger partial charge in [0.05, 0.1) is 13.2 Å². The highest BCUT2D eigenvalue weighted by atomic mass is 16.5. The third-order valence-corrected chi connectivity index (χ3v) is 2.90. The largest absolute Gasteiger partial charge is 0.479 e. The summed E-state index contributed by atoms with van der Waals surface area (Å²) in [5, 5.41) is 8.84. The van der Waals surface area contributed by atoms with Gasteiger partial charge in [-0.2, -0.15) is 0 Å². The van der Waals surface area contributed by atoms with E-state index in [9.17, 15) is 9.59 Å². The number of nitrogens with zero attached hydrogens (tertiary/aromatic N) is 2. The zero-order chi connectivity index (χ0) is 12.8. The van der Waals surface area contributed by atoms with Crippen LogP contribution < -0.4 is 0 Å². The van der Waals surface area contributed by atoms with Gasteiger partial charge < -0.3 is 14.7 Å². The molecule has 0 saturated carbocycles. The second-order valence-corrected chi connectivity index (χ2v) is 4.00. The van der Waals surface area contributed by atoms with Crippen LogP contribution in [-0.2, 0) is 14.3 Å². The molecule has 1 heterocycles. The lowest BCUT2D eigenvalue weighted by Crippen LogP contribution is -2.50. The molecule has 17 heavy (non-hydrogen) atoms. The van der Waals surface area contributed by atoms with E-state index in [0.717, 1.165) is 0 Å². The normalized spacial score (nSPS) is 21.2. The average Bonchev–Trinajstić information content (AvgIpc) is 2.30. The van der Waals surface area contributed by atoms with Crippen molar-refractivity contribution in [3.05, 3.63) is 0 Å². The van der Waals surface area contributed by atoms with E-state index in [0.29, 0.717) is 26.2 Å². The van der Waals surface area contributed by atoms with Crippen molar-refractivity contribution in [1.82, 2.24) is 9.80 Å². The Labute approximate surface area is 101 Å². The average molecular weight is 244 g/mol. The maximum atomic E-state index is 11.8. The van der Waals surface area contributed by atoms with Gasteiger partial charge in [-0.3, -0.25) is 9.69 Å². The second kappa shape index (κ2) is 6.56. The van der Waals surface area contributed by atoms with Crippen LogP contribution in [0.1, 0.15) is 13.8 Å². The van der Waals surface area contributed by atoms with Gasteiger partial charge in [-0.05, 0) is 13.8 Å². The first-order valence-corrected chi connectivity index (χ1v) is 5.93. The molecule has 1 aliphatic rings. The summed E-state index contributed by atoms with van der Waals surface area (Å²) < 4.78 is 5.10. The topological polar surface area (TPSA) is 70.1 Å². The van der Waals surface area contributed by atoms with E-state index in [1.807, 2.05) is 18.7 Å².